The third-order valence-electron chi connectivity index (χ3n) is 2.37. The summed E-state index contributed by atoms with van der Waals surface area (Å²) in [5, 5.41) is 3.26. The number of ether oxygens (including phenoxy) is 1. The Morgan fingerprint density at radius 1 is 1.44 bits per heavy atom. The predicted molar refractivity (Wildman–Crippen MR) is 65.2 cm³/mol. The highest BCUT2D eigenvalue weighted by Crippen LogP contribution is 2.09. The Hall–Kier alpha value is -0.800. The zero-order chi connectivity index (χ0) is 11.8. The summed E-state index contributed by atoms with van der Waals surface area (Å²) in [7, 11) is 0. The van der Waals surface area contributed by atoms with Crippen molar-refractivity contribution < 1.29 is 9.15 Å². The minimum atomic E-state index is 0.582. The molecule has 0 bridgehead atoms. The first-order chi connectivity index (χ1) is 7.72. The fraction of sp³-hybridized carbons (Fsp3) is 0.692. The predicted octanol–water partition coefficient (Wildman–Crippen LogP) is 2.95. The highest BCUT2D eigenvalue weighted by atomic mass is 16.5. The number of furan rings is 1. The minimum Gasteiger partial charge on any atom is -0.467 e. The van der Waals surface area contributed by atoms with E-state index in [4.69, 9.17) is 9.15 Å². The van der Waals surface area contributed by atoms with Crippen molar-refractivity contribution in [3.63, 3.8) is 0 Å². The molecule has 16 heavy (non-hydrogen) atoms. The average molecular weight is 225 g/mol. The molecule has 0 atom stereocenters. The van der Waals surface area contributed by atoms with Crippen molar-refractivity contribution in [1.29, 1.82) is 0 Å². The van der Waals surface area contributed by atoms with Crippen LogP contribution < -0.4 is 5.32 Å². The first-order valence-electron chi connectivity index (χ1n) is 6.07. The van der Waals surface area contributed by atoms with Crippen LogP contribution in [0.4, 0.5) is 0 Å². The molecule has 0 aromatic carbocycles. The van der Waals surface area contributed by atoms with Crippen LogP contribution in [0.15, 0.2) is 16.7 Å². The minimum absolute atomic E-state index is 0.582. The van der Waals surface area contributed by atoms with Gasteiger partial charge in [-0.15, -0.1) is 0 Å². The lowest BCUT2D eigenvalue weighted by Gasteiger charge is -2.04. The normalized spacial score (nSPS) is 11.2. The Kier molecular flexibility index (Phi) is 6.19. The molecule has 1 aromatic rings. The van der Waals surface area contributed by atoms with Crippen LogP contribution in [-0.4, -0.2) is 13.2 Å². The van der Waals surface area contributed by atoms with E-state index in [1.165, 1.54) is 5.56 Å². The van der Waals surface area contributed by atoms with Gasteiger partial charge >= 0.3 is 0 Å². The van der Waals surface area contributed by atoms with E-state index < -0.39 is 0 Å². The second kappa shape index (κ2) is 7.47. The molecule has 3 nitrogen and oxygen atoms in total. The maximum Gasteiger partial charge on any atom is 0.129 e. The Bertz CT molecular complexity index is 281. The Balaban J connectivity index is 2.19. The molecule has 0 saturated carbocycles. The fourth-order valence-corrected chi connectivity index (χ4v) is 1.36. The van der Waals surface area contributed by atoms with Gasteiger partial charge in [-0.2, -0.15) is 0 Å². The van der Waals surface area contributed by atoms with E-state index in [-0.39, 0.29) is 0 Å². The van der Waals surface area contributed by atoms with Gasteiger partial charge in [-0.3, -0.25) is 0 Å². The quantitative estimate of drug-likeness (QED) is 0.691. The molecule has 0 spiro atoms. The van der Waals surface area contributed by atoms with Crippen molar-refractivity contribution in [2.24, 2.45) is 5.92 Å². The van der Waals surface area contributed by atoms with Crippen LogP contribution in [0.25, 0.3) is 0 Å². The second-order valence-electron chi connectivity index (χ2n) is 4.44. The van der Waals surface area contributed by atoms with Crippen molar-refractivity contribution in [2.45, 2.75) is 40.3 Å². The first kappa shape index (κ1) is 13.3. The summed E-state index contributed by atoms with van der Waals surface area (Å²) in [4.78, 5) is 0. The smallest absolute Gasteiger partial charge is 0.129 e. The summed E-state index contributed by atoms with van der Waals surface area (Å²) in [5.74, 6) is 1.61. The lowest BCUT2D eigenvalue weighted by molar-refractivity contribution is 0.0970. The Morgan fingerprint density at radius 2 is 2.25 bits per heavy atom. The SMILES string of the molecule is CCNCc1coc(COCCC(C)C)c1. The van der Waals surface area contributed by atoms with Gasteiger partial charge in [-0.05, 0) is 24.9 Å². The van der Waals surface area contributed by atoms with Gasteiger partial charge in [0.2, 0.25) is 0 Å². The van der Waals surface area contributed by atoms with Crippen LogP contribution in [0.5, 0.6) is 0 Å². The number of rotatable bonds is 8. The summed E-state index contributed by atoms with van der Waals surface area (Å²) >= 11 is 0. The van der Waals surface area contributed by atoms with Crippen LogP contribution >= 0.6 is 0 Å². The monoisotopic (exact) mass is 225 g/mol. The molecule has 0 aliphatic heterocycles. The van der Waals surface area contributed by atoms with Crippen molar-refractivity contribution >= 4 is 0 Å². The molecule has 92 valence electrons. The van der Waals surface area contributed by atoms with Crippen LogP contribution in [0, 0.1) is 5.92 Å². The van der Waals surface area contributed by atoms with Gasteiger partial charge in [-0.1, -0.05) is 20.8 Å². The van der Waals surface area contributed by atoms with Gasteiger partial charge in [0.05, 0.1) is 6.26 Å². The first-order valence-corrected chi connectivity index (χ1v) is 6.07. The standard InChI is InChI=1S/C13H23NO2/c1-4-14-8-12-7-13(16-9-12)10-15-6-5-11(2)3/h7,9,11,14H,4-6,8,10H2,1-3H3. The van der Waals surface area contributed by atoms with Gasteiger partial charge in [-0.25, -0.2) is 0 Å². The van der Waals surface area contributed by atoms with Gasteiger partial charge < -0.3 is 14.5 Å². The molecular formula is C13H23NO2. The zero-order valence-electron chi connectivity index (χ0n) is 10.6. The summed E-state index contributed by atoms with van der Waals surface area (Å²) in [5.41, 5.74) is 1.18. The van der Waals surface area contributed by atoms with Crippen molar-refractivity contribution in [1.82, 2.24) is 5.32 Å². The molecule has 0 unspecified atom stereocenters. The highest BCUT2D eigenvalue weighted by molar-refractivity contribution is 5.11. The number of hydrogen-bond acceptors (Lipinski definition) is 3. The van der Waals surface area contributed by atoms with Gasteiger partial charge in [0.25, 0.3) is 0 Å². The molecule has 0 aliphatic carbocycles. The van der Waals surface area contributed by atoms with E-state index in [0.717, 1.165) is 31.9 Å². The molecule has 1 aromatic heterocycles. The van der Waals surface area contributed by atoms with Crippen molar-refractivity contribution in [3.05, 3.63) is 23.7 Å². The third-order valence-corrected chi connectivity index (χ3v) is 2.37. The molecule has 0 aliphatic rings. The Morgan fingerprint density at radius 3 is 2.94 bits per heavy atom. The van der Waals surface area contributed by atoms with Crippen LogP contribution in [0.1, 0.15) is 38.5 Å². The molecule has 1 rings (SSSR count). The highest BCUT2D eigenvalue weighted by Gasteiger charge is 2.02. The summed E-state index contributed by atoms with van der Waals surface area (Å²) < 4.78 is 10.9. The molecule has 1 N–H and O–H groups in total. The molecule has 0 saturated heterocycles. The van der Waals surface area contributed by atoms with E-state index in [9.17, 15) is 0 Å². The summed E-state index contributed by atoms with van der Waals surface area (Å²) in [6, 6.07) is 2.05. The molecule has 1 heterocycles. The van der Waals surface area contributed by atoms with E-state index in [0.29, 0.717) is 12.5 Å². The van der Waals surface area contributed by atoms with Gasteiger partial charge in [0.15, 0.2) is 0 Å². The molecule has 0 fully saturated rings. The van der Waals surface area contributed by atoms with Crippen LogP contribution in [0.3, 0.4) is 0 Å². The average Bonchev–Trinajstić information content (AvgIpc) is 2.69. The van der Waals surface area contributed by atoms with E-state index >= 15 is 0 Å². The number of nitrogens with one attached hydrogen (secondary N) is 1. The maximum absolute atomic E-state index is 5.53. The maximum atomic E-state index is 5.53. The molecule has 0 amide bonds. The topological polar surface area (TPSA) is 34.4 Å². The summed E-state index contributed by atoms with van der Waals surface area (Å²) in [6.07, 6.45) is 2.90. The molecule has 3 heteroatoms. The van der Waals surface area contributed by atoms with E-state index in [1.807, 2.05) is 0 Å². The van der Waals surface area contributed by atoms with Crippen LogP contribution in [-0.2, 0) is 17.9 Å². The number of hydrogen-bond donors (Lipinski definition) is 1. The van der Waals surface area contributed by atoms with Gasteiger partial charge in [0, 0.05) is 18.7 Å². The molecular weight excluding hydrogens is 202 g/mol. The lowest BCUT2D eigenvalue weighted by Crippen LogP contribution is -2.10. The second-order valence-corrected chi connectivity index (χ2v) is 4.44. The van der Waals surface area contributed by atoms with E-state index in [1.54, 1.807) is 6.26 Å². The van der Waals surface area contributed by atoms with E-state index in [2.05, 4.69) is 32.2 Å². The largest absolute Gasteiger partial charge is 0.467 e. The van der Waals surface area contributed by atoms with Gasteiger partial charge in [0.1, 0.15) is 12.4 Å². The van der Waals surface area contributed by atoms with Crippen LogP contribution in [0.2, 0.25) is 0 Å². The lowest BCUT2D eigenvalue weighted by atomic mass is 10.1. The van der Waals surface area contributed by atoms with Crippen molar-refractivity contribution in [3.8, 4) is 0 Å². The molecule has 0 radical (unpaired) electrons. The zero-order valence-corrected chi connectivity index (χ0v) is 10.6. The third kappa shape index (κ3) is 5.33. The Labute approximate surface area is 98.2 Å². The van der Waals surface area contributed by atoms with Crippen molar-refractivity contribution in [2.75, 3.05) is 13.2 Å². The summed E-state index contributed by atoms with van der Waals surface area (Å²) in [6.45, 7) is 9.72. The fourth-order valence-electron chi connectivity index (χ4n) is 1.36.